The number of nitrogens with zero attached hydrogens (tertiary/aromatic N) is 1. The standard InChI is InChI=1S/C14H29N3O/c1-4-16-12(2)13-8-5-6-10-17(13)11-7-9-14(18)15-3/h12-13,16H,4-11H2,1-3H3,(H,15,18). The monoisotopic (exact) mass is 255 g/mol. The van der Waals surface area contributed by atoms with Crippen LogP contribution in [-0.2, 0) is 4.79 Å². The molecule has 1 fully saturated rings. The predicted molar refractivity (Wildman–Crippen MR) is 75.7 cm³/mol. The Hall–Kier alpha value is -0.610. The first kappa shape index (κ1) is 15.4. The SMILES string of the molecule is CCNC(C)C1CCCCN1CCCC(=O)NC. The zero-order valence-electron chi connectivity index (χ0n) is 12.2. The molecule has 0 bridgehead atoms. The second-order valence-electron chi connectivity index (χ2n) is 5.22. The molecule has 2 atom stereocenters. The summed E-state index contributed by atoms with van der Waals surface area (Å²) in [5.74, 6) is 0.156. The van der Waals surface area contributed by atoms with Crippen LogP contribution in [0, 0.1) is 0 Å². The zero-order chi connectivity index (χ0) is 13.4. The van der Waals surface area contributed by atoms with Crippen LogP contribution in [-0.4, -0.2) is 49.6 Å². The van der Waals surface area contributed by atoms with Gasteiger partial charge in [-0.3, -0.25) is 9.69 Å². The van der Waals surface area contributed by atoms with Gasteiger partial charge >= 0.3 is 0 Å². The summed E-state index contributed by atoms with van der Waals surface area (Å²) in [6.07, 6.45) is 5.54. The lowest BCUT2D eigenvalue weighted by molar-refractivity contribution is -0.120. The fourth-order valence-corrected chi connectivity index (χ4v) is 2.89. The Morgan fingerprint density at radius 1 is 1.44 bits per heavy atom. The second kappa shape index (κ2) is 8.48. The summed E-state index contributed by atoms with van der Waals surface area (Å²) in [5, 5.41) is 6.22. The molecule has 1 aliphatic rings. The van der Waals surface area contributed by atoms with Crippen molar-refractivity contribution in [1.29, 1.82) is 0 Å². The van der Waals surface area contributed by atoms with Gasteiger partial charge in [0.25, 0.3) is 0 Å². The highest BCUT2D eigenvalue weighted by Crippen LogP contribution is 2.20. The van der Waals surface area contributed by atoms with Crippen LogP contribution in [0.5, 0.6) is 0 Å². The number of likely N-dealkylation sites (tertiary alicyclic amines) is 1. The van der Waals surface area contributed by atoms with Crippen molar-refractivity contribution in [2.75, 3.05) is 26.7 Å². The van der Waals surface area contributed by atoms with Crippen molar-refractivity contribution >= 4 is 5.91 Å². The molecule has 1 amide bonds. The van der Waals surface area contributed by atoms with Crippen LogP contribution in [0.1, 0.15) is 46.0 Å². The Kier molecular flexibility index (Phi) is 7.28. The average molecular weight is 255 g/mol. The molecule has 1 rings (SSSR count). The molecule has 0 aromatic carbocycles. The third-order valence-electron chi connectivity index (χ3n) is 3.90. The Balaban J connectivity index is 2.37. The summed E-state index contributed by atoms with van der Waals surface area (Å²) in [4.78, 5) is 13.8. The highest BCUT2D eigenvalue weighted by Gasteiger charge is 2.26. The molecule has 4 nitrogen and oxygen atoms in total. The van der Waals surface area contributed by atoms with Crippen LogP contribution < -0.4 is 10.6 Å². The lowest BCUT2D eigenvalue weighted by Gasteiger charge is -2.39. The largest absolute Gasteiger partial charge is 0.359 e. The number of hydrogen-bond donors (Lipinski definition) is 2. The Morgan fingerprint density at radius 3 is 2.89 bits per heavy atom. The maximum Gasteiger partial charge on any atom is 0.219 e. The third kappa shape index (κ3) is 4.94. The van der Waals surface area contributed by atoms with E-state index in [-0.39, 0.29) is 5.91 Å². The smallest absolute Gasteiger partial charge is 0.219 e. The molecule has 0 spiro atoms. The molecule has 0 aromatic heterocycles. The van der Waals surface area contributed by atoms with E-state index in [4.69, 9.17) is 0 Å². The minimum absolute atomic E-state index is 0.156. The molecule has 18 heavy (non-hydrogen) atoms. The van der Waals surface area contributed by atoms with Gasteiger partial charge < -0.3 is 10.6 Å². The van der Waals surface area contributed by atoms with E-state index in [1.54, 1.807) is 7.05 Å². The molecule has 1 saturated heterocycles. The number of rotatable bonds is 7. The molecule has 106 valence electrons. The third-order valence-corrected chi connectivity index (χ3v) is 3.90. The normalized spacial score (nSPS) is 22.7. The van der Waals surface area contributed by atoms with Gasteiger partial charge in [0.2, 0.25) is 5.91 Å². The molecule has 4 heteroatoms. The van der Waals surface area contributed by atoms with E-state index in [2.05, 4.69) is 29.4 Å². The summed E-state index contributed by atoms with van der Waals surface area (Å²) >= 11 is 0. The van der Waals surface area contributed by atoms with E-state index in [0.29, 0.717) is 18.5 Å². The minimum Gasteiger partial charge on any atom is -0.359 e. The predicted octanol–water partition coefficient (Wildman–Crippen LogP) is 1.37. The number of nitrogens with one attached hydrogen (secondary N) is 2. The molecule has 2 N–H and O–H groups in total. The molecular weight excluding hydrogens is 226 g/mol. The summed E-state index contributed by atoms with van der Waals surface area (Å²) in [6.45, 7) is 7.71. The van der Waals surface area contributed by atoms with E-state index in [1.807, 2.05) is 0 Å². The van der Waals surface area contributed by atoms with Gasteiger partial charge in [0.15, 0.2) is 0 Å². The molecule has 0 radical (unpaired) electrons. The van der Waals surface area contributed by atoms with Crippen LogP contribution in [0.3, 0.4) is 0 Å². The van der Waals surface area contributed by atoms with E-state index in [0.717, 1.165) is 19.5 Å². The Bertz CT molecular complexity index is 245. The quantitative estimate of drug-likeness (QED) is 0.722. The summed E-state index contributed by atoms with van der Waals surface area (Å²) in [6, 6.07) is 1.19. The lowest BCUT2D eigenvalue weighted by atomic mass is 9.96. The van der Waals surface area contributed by atoms with Crippen LogP contribution in [0.15, 0.2) is 0 Å². The highest BCUT2D eigenvalue weighted by atomic mass is 16.1. The van der Waals surface area contributed by atoms with Gasteiger partial charge in [-0.2, -0.15) is 0 Å². The van der Waals surface area contributed by atoms with Crippen molar-refractivity contribution < 1.29 is 4.79 Å². The Labute approximate surface area is 111 Å². The number of piperidine rings is 1. The van der Waals surface area contributed by atoms with Gasteiger partial charge in [-0.1, -0.05) is 13.3 Å². The molecule has 0 saturated carbocycles. The highest BCUT2D eigenvalue weighted by molar-refractivity contribution is 5.75. The van der Waals surface area contributed by atoms with Crippen molar-refractivity contribution in [3.05, 3.63) is 0 Å². The van der Waals surface area contributed by atoms with Crippen molar-refractivity contribution in [2.45, 2.75) is 58.0 Å². The van der Waals surface area contributed by atoms with Gasteiger partial charge in [0, 0.05) is 25.6 Å². The molecule has 2 unspecified atom stereocenters. The maximum absolute atomic E-state index is 11.2. The first-order valence-electron chi connectivity index (χ1n) is 7.37. The van der Waals surface area contributed by atoms with Crippen molar-refractivity contribution in [3.8, 4) is 0 Å². The zero-order valence-corrected chi connectivity index (χ0v) is 12.2. The molecule has 1 heterocycles. The van der Waals surface area contributed by atoms with Gasteiger partial charge in [0.1, 0.15) is 0 Å². The average Bonchev–Trinajstić information content (AvgIpc) is 2.39. The van der Waals surface area contributed by atoms with Crippen molar-refractivity contribution in [1.82, 2.24) is 15.5 Å². The fourth-order valence-electron chi connectivity index (χ4n) is 2.89. The number of carbonyl (C=O) groups excluding carboxylic acids is 1. The maximum atomic E-state index is 11.2. The first-order chi connectivity index (χ1) is 8.69. The first-order valence-corrected chi connectivity index (χ1v) is 7.37. The summed E-state index contributed by atoms with van der Waals surface area (Å²) in [5.41, 5.74) is 0. The number of likely N-dealkylation sites (N-methyl/N-ethyl adjacent to an activating group) is 1. The minimum atomic E-state index is 0.156. The summed E-state index contributed by atoms with van der Waals surface area (Å²) < 4.78 is 0. The topological polar surface area (TPSA) is 44.4 Å². The van der Waals surface area contributed by atoms with Crippen LogP contribution in [0.4, 0.5) is 0 Å². The molecule has 0 aliphatic carbocycles. The van der Waals surface area contributed by atoms with E-state index < -0.39 is 0 Å². The number of amides is 1. The number of hydrogen-bond acceptors (Lipinski definition) is 3. The van der Waals surface area contributed by atoms with Crippen molar-refractivity contribution in [3.63, 3.8) is 0 Å². The second-order valence-corrected chi connectivity index (χ2v) is 5.22. The lowest BCUT2D eigenvalue weighted by Crippen LogP contribution is -2.51. The van der Waals surface area contributed by atoms with E-state index in [9.17, 15) is 4.79 Å². The Morgan fingerprint density at radius 2 is 2.22 bits per heavy atom. The fraction of sp³-hybridized carbons (Fsp3) is 0.929. The van der Waals surface area contributed by atoms with Gasteiger partial charge in [-0.15, -0.1) is 0 Å². The van der Waals surface area contributed by atoms with Gasteiger partial charge in [0.05, 0.1) is 0 Å². The molecular formula is C14H29N3O. The van der Waals surface area contributed by atoms with Crippen LogP contribution in [0.2, 0.25) is 0 Å². The molecule has 1 aliphatic heterocycles. The van der Waals surface area contributed by atoms with Gasteiger partial charge in [-0.05, 0) is 45.8 Å². The number of carbonyl (C=O) groups is 1. The van der Waals surface area contributed by atoms with Gasteiger partial charge in [-0.25, -0.2) is 0 Å². The van der Waals surface area contributed by atoms with Crippen molar-refractivity contribution in [2.24, 2.45) is 0 Å². The van der Waals surface area contributed by atoms with E-state index >= 15 is 0 Å². The molecule has 0 aromatic rings. The van der Waals surface area contributed by atoms with Crippen LogP contribution >= 0.6 is 0 Å². The van der Waals surface area contributed by atoms with E-state index in [1.165, 1.54) is 25.8 Å². The van der Waals surface area contributed by atoms with Crippen LogP contribution in [0.25, 0.3) is 0 Å². The summed E-state index contributed by atoms with van der Waals surface area (Å²) in [7, 11) is 1.71.